The van der Waals surface area contributed by atoms with Crippen molar-refractivity contribution in [2.24, 2.45) is 0 Å². The number of nitrogens with zero attached hydrogens (tertiary/aromatic N) is 1. The smallest absolute Gasteiger partial charge is 0.227 e. The highest BCUT2D eigenvalue weighted by molar-refractivity contribution is 5.80. The lowest BCUT2D eigenvalue weighted by Crippen LogP contribution is -2.54. The Hall–Kier alpha value is -1.92. The fourth-order valence-electron chi connectivity index (χ4n) is 3.72. The number of amides is 1. The van der Waals surface area contributed by atoms with Gasteiger partial charge in [0.05, 0.1) is 38.9 Å². The van der Waals surface area contributed by atoms with Crippen LogP contribution in [0.5, 0.6) is 5.75 Å². The van der Waals surface area contributed by atoms with E-state index in [1.807, 2.05) is 4.90 Å². The zero-order valence-electron chi connectivity index (χ0n) is 14.4. The molecule has 2 fully saturated rings. The molecule has 0 N–H and O–H groups in total. The van der Waals surface area contributed by atoms with E-state index in [4.69, 9.17) is 14.2 Å². The number of ether oxygens (including phenoxy) is 3. The van der Waals surface area contributed by atoms with Crippen LogP contribution in [0.4, 0.5) is 4.39 Å². The zero-order valence-corrected chi connectivity index (χ0v) is 14.4. The van der Waals surface area contributed by atoms with Crippen LogP contribution in [0.3, 0.4) is 0 Å². The Morgan fingerprint density at radius 1 is 1.48 bits per heavy atom. The highest BCUT2D eigenvalue weighted by atomic mass is 19.1. The van der Waals surface area contributed by atoms with Gasteiger partial charge in [0.2, 0.25) is 5.91 Å². The first kappa shape index (κ1) is 17.9. The van der Waals surface area contributed by atoms with Crippen molar-refractivity contribution < 1.29 is 23.4 Å². The van der Waals surface area contributed by atoms with Crippen LogP contribution >= 0.6 is 0 Å². The van der Waals surface area contributed by atoms with E-state index >= 15 is 0 Å². The molecular formula is C19H24FNO4. The summed E-state index contributed by atoms with van der Waals surface area (Å²) in [7, 11) is 1.48. The average Bonchev–Trinajstić information content (AvgIpc) is 3.04. The van der Waals surface area contributed by atoms with Crippen LogP contribution in [0.2, 0.25) is 0 Å². The number of morpholine rings is 1. The molecule has 1 saturated heterocycles. The molecule has 2 aliphatic rings. The van der Waals surface area contributed by atoms with Crippen molar-refractivity contribution >= 4 is 5.91 Å². The third kappa shape index (κ3) is 3.85. The number of benzene rings is 1. The van der Waals surface area contributed by atoms with Crippen molar-refractivity contribution in [1.29, 1.82) is 0 Å². The molecule has 0 spiro atoms. The van der Waals surface area contributed by atoms with Gasteiger partial charge in [-0.25, -0.2) is 4.39 Å². The van der Waals surface area contributed by atoms with Crippen molar-refractivity contribution in [2.45, 2.75) is 37.5 Å². The van der Waals surface area contributed by atoms with Gasteiger partial charge in [0, 0.05) is 18.2 Å². The molecule has 0 aromatic heterocycles. The van der Waals surface area contributed by atoms with Crippen LogP contribution in [-0.2, 0) is 20.7 Å². The van der Waals surface area contributed by atoms with Gasteiger partial charge < -0.3 is 19.1 Å². The normalized spacial score (nSPS) is 25.5. The summed E-state index contributed by atoms with van der Waals surface area (Å²) in [6.45, 7) is 5.22. The number of hydrogen-bond acceptors (Lipinski definition) is 4. The van der Waals surface area contributed by atoms with E-state index in [9.17, 15) is 9.18 Å². The number of carbonyl (C=O) groups excluding carboxylic acids is 1. The number of halogens is 1. The summed E-state index contributed by atoms with van der Waals surface area (Å²) in [5.41, 5.74) is 0.689. The summed E-state index contributed by atoms with van der Waals surface area (Å²) < 4.78 is 30.2. The van der Waals surface area contributed by atoms with E-state index in [0.717, 1.165) is 12.8 Å². The second-order valence-electron chi connectivity index (χ2n) is 6.36. The maximum atomic E-state index is 13.3. The molecule has 0 unspecified atom stereocenters. The minimum absolute atomic E-state index is 0.000965. The molecule has 6 heteroatoms. The van der Waals surface area contributed by atoms with Crippen LogP contribution in [0, 0.1) is 5.82 Å². The fourth-order valence-corrected chi connectivity index (χ4v) is 3.72. The monoisotopic (exact) mass is 349 g/mol. The Kier molecular flexibility index (Phi) is 5.71. The Morgan fingerprint density at radius 2 is 2.32 bits per heavy atom. The molecule has 1 aliphatic carbocycles. The van der Waals surface area contributed by atoms with Crippen LogP contribution in [-0.4, -0.2) is 55.9 Å². The molecule has 5 nitrogen and oxygen atoms in total. The van der Waals surface area contributed by atoms with Crippen LogP contribution in [0.1, 0.15) is 18.4 Å². The second kappa shape index (κ2) is 7.97. The third-order valence-electron chi connectivity index (χ3n) is 4.87. The lowest BCUT2D eigenvalue weighted by molar-refractivity contribution is -0.150. The lowest BCUT2D eigenvalue weighted by Gasteiger charge is -2.39. The molecular weight excluding hydrogens is 325 g/mol. The first-order valence-electron chi connectivity index (χ1n) is 8.60. The van der Waals surface area contributed by atoms with Gasteiger partial charge >= 0.3 is 0 Å². The van der Waals surface area contributed by atoms with Crippen molar-refractivity contribution in [1.82, 2.24) is 4.90 Å². The highest BCUT2D eigenvalue weighted by Crippen LogP contribution is 2.33. The molecule has 3 atom stereocenters. The van der Waals surface area contributed by atoms with Crippen molar-refractivity contribution in [3.05, 3.63) is 42.2 Å². The summed E-state index contributed by atoms with van der Waals surface area (Å²) in [6.07, 6.45) is 3.54. The number of methoxy groups -OCH3 is 1. The van der Waals surface area contributed by atoms with Gasteiger partial charge in [0.15, 0.2) is 0 Å². The third-order valence-corrected chi connectivity index (χ3v) is 4.87. The first-order chi connectivity index (χ1) is 12.1. The standard InChI is InChI=1S/C19H24FNO4/c1-3-9-24-16-7-6-15-19(16)25-10-8-21(15)18(22)11-13-4-5-14(20)12-17(13)23-2/h3-5,12,15-16,19H,1,6-11H2,2H3/t15-,16-,19-/m0/s1. The van der Waals surface area contributed by atoms with E-state index in [2.05, 4.69) is 6.58 Å². The molecule has 0 radical (unpaired) electrons. The number of carbonyl (C=O) groups is 1. The largest absolute Gasteiger partial charge is 0.496 e. The van der Waals surface area contributed by atoms with Crippen LogP contribution < -0.4 is 4.74 Å². The topological polar surface area (TPSA) is 48.0 Å². The summed E-state index contributed by atoms with van der Waals surface area (Å²) in [5.74, 6) is 0.0295. The predicted molar refractivity (Wildman–Crippen MR) is 91.1 cm³/mol. The maximum absolute atomic E-state index is 13.3. The molecule has 1 amide bonds. The minimum Gasteiger partial charge on any atom is -0.496 e. The van der Waals surface area contributed by atoms with E-state index in [-0.39, 0.29) is 36.4 Å². The molecule has 1 aromatic carbocycles. The number of hydrogen-bond donors (Lipinski definition) is 0. The summed E-state index contributed by atoms with van der Waals surface area (Å²) in [5, 5.41) is 0. The van der Waals surface area contributed by atoms with Gasteiger partial charge in [-0.2, -0.15) is 0 Å². The molecule has 1 saturated carbocycles. The van der Waals surface area contributed by atoms with E-state index in [1.165, 1.54) is 19.2 Å². The summed E-state index contributed by atoms with van der Waals surface area (Å²) in [4.78, 5) is 14.7. The second-order valence-corrected chi connectivity index (χ2v) is 6.36. The van der Waals surface area contributed by atoms with Crippen molar-refractivity contribution in [2.75, 3.05) is 26.9 Å². The summed E-state index contributed by atoms with van der Waals surface area (Å²) in [6, 6.07) is 4.29. The SMILES string of the molecule is C=CCO[C@H]1CC[C@H]2[C@@H]1OCCN2C(=O)Cc1ccc(F)cc1OC. The van der Waals surface area contributed by atoms with Gasteiger partial charge in [0.1, 0.15) is 17.7 Å². The zero-order chi connectivity index (χ0) is 17.8. The minimum atomic E-state index is -0.377. The molecule has 1 heterocycles. The summed E-state index contributed by atoms with van der Waals surface area (Å²) >= 11 is 0. The lowest BCUT2D eigenvalue weighted by atomic mass is 10.1. The molecule has 136 valence electrons. The predicted octanol–water partition coefficient (Wildman–Crippen LogP) is 2.34. The quantitative estimate of drug-likeness (QED) is 0.740. The highest BCUT2D eigenvalue weighted by Gasteiger charge is 2.44. The van der Waals surface area contributed by atoms with Gasteiger partial charge in [-0.1, -0.05) is 12.1 Å². The molecule has 25 heavy (non-hydrogen) atoms. The van der Waals surface area contributed by atoms with E-state index in [0.29, 0.717) is 31.1 Å². The average molecular weight is 349 g/mol. The van der Waals surface area contributed by atoms with E-state index in [1.54, 1.807) is 12.1 Å². The van der Waals surface area contributed by atoms with Gasteiger partial charge in [0.25, 0.3) is 0 Å². The molecule has 3 rings (SSSR count). The Morgan fingerprint density at radius 3 is 3.08 bits per heavy atom. The number of rotatable bonds is 6. The van der Waals surface area contributed by atoms with Gasteiger partial charge in [-0.05, 0) is 18.9 Å². The molecule has 1 aromatic rings. The fraction of sp³-hybridized carbons (Fsp3) is 0.526. The van der Waals surface area contributed by atoms with E-state index < -0.39 is 0 Å². The Balaban J connectivity index is 1.69. The first-order valence-corrected chi connectivity index (χ1v) is 8.60. The molecule has 0 bridgehead atoms. The van der Waals surface area contributed by atoms with Crippen LogP contribution in [0.15, 0.2) is 30.9 Å². The number of fused-ring (bicyclic) bond motifs is 1. The maximum Gasteiger partial charge on any atom is 0.227 e. The Bertz CT molecular complexity index is 636. The Labute approximate surface area is 147 Å². The van der Waals surface area contributed by atoms with Crippen LogP contribution in [0.25, 0.3) is 0 Å². The van der Waals surface area contributed by atoms with Crippen molar-refractivity contribution in [3.8, 4) is 5.75 Å². The molecule has 1 aliphatic heterocycles. The van der Waals surface area contributed by atoms with Gasteiger partial charge in [-0.15, -0.1) is 6.58 Å². The van der Waals surface area contributed by atoms with Gasteiger partial charge in [-0.3, -0.25) is 4.79 Å². The van der Waals surface area contributed by atoms with Crippen molar-refractivity contribution in [3.63, 3.8) is 0 Å².